The van der Waals surface area contributed by atoms with Crippen LogP contribution in [-0.2, 0) is 21.0 Å². The summed E-state index contributed by atoms with van der Waals surface area (Å²) in [6.45, 7) is 2.69. The molecule has 2 heterocycles. The van der Waals surface area contributed by atoms with Gasteiger partial charge in [-0.2, -0.15) is 0 Å². The van der Waals surface area contributed by atoms with Gasteiger partial charge in [0.25, 0.3) is 5.91 Å². The molecular formula is C27H29N3O3. The van der Waals surface area contributed by atoms with Crippen molar-refractivity contribution in [3.63, 3.8) is 0 Å². The average Bonchev–Trinajstić information content (AvgIpc) is 3.38. The van der Waals surface area contributed by atoms with Gasteiger partial charge in [-0.1, -0.05) is 79.9 Å². The van der Waals surface area contributed by atoms with Crippen LogP contribution in [0, 0.1) is 0 Å². The van der Waals surface area contributed by atoms with Crippen molar-refractivity contribution >= 4 is 23.4 Å². The Morgan fingerprint density at radius 1 is 0.970 bits per heavy atom. The van der Waals surface area contributed by atoms with Gasteiger partial charge < -0.3 is 4.84 Å². The van der Waals surface area contributed by atoms with Crippen LogP contribution in [0.15, 0.2) is 58.7 Å². The quantitative estimate of drug-likeness (QED) is 0.573. The fourth-order valence-corrected chi connectivity index (χ4v) is 5.17. The fourth-order valence-electron chi connectivity index (χ4n) is 5.17. The van der Waals surface area contributed by atoms with E-state index in [0.29, 0.717) is 12.3 Å². The minimum absolute atomic E-state index is 0.184. The molecule has 1 amide bonds. The van der Waals surface area contributed by atoms with Crippen LogP contribution in [0.4, 0.5) is 0 Å². The average molecular weight is 444 g/mol. The van der Waals surface area contributed by atoms with E-state index in [-0.39, 0.29) is 18.3 Å². The first kappa shape index (κ1) is 21.6. The summed E-state index contributed by atoms with van der Waals surface area (Å²) in [5, 5.41) is 3.94. The molecule has 0 saturated heterocycles. The first-order valence-electron chi connectivity index (χ1n) is 12.0. The molecule has 2 aliphatic heterocycles. The highest BCUT2D eigenvalue weighted by molar-refractivity contribution is 6.14. The van der Waals surface area contributed by atoms with Crippen LogP contribution < -0.4 is 0 Å². The van der Waals surface area contributed by atoms with Crippen LogP contribution in [0.3, 0.4) is 0 Å². The molecule has 1 fully saturated rings. The lowest BCUT2D eigenvalue weighted by atomic mass is 9.82. The Hall–Kier alpha value is -3.28. The summed E-state index contributed by atoms with van der Waals surface area (Å²) in [6.07, 6.45) is 7.11. The van der Waals surface area contributed by atoms with Crippen molar-refractivity contribution in [3.8, 4) is 11.1 Å². The molecule has 0 aromatic heterocycles. The van der Waals surface area contributed by atoms with E-state index in [1.807, 2.05) is 29.2 Å². The van der Waals surface area contributed by atoms with E-state index in [9.17, 15) is 9.59 Å². The molecule has 1 saturated carbocycles. The molecule has 1 spiro atoms. The third kappa shape index (κ3) is 4.10. The second-order valence-corrected chi connectivity index (χ2v) is 9.18. The van der Waals surface area contributed by atoms with Crippen molar-refractivity contribution in [2.24, 2.45) is 10.1 Å². The van der Waals surface area contributed by atoms with Crippen LogP contribution in [-0.4, -0.2) is 33.9 Å². The highest BCUT2D eigenvalue weighted by Gasteiger charge is 2.47. The van der Waals surface area contributed by atoms with E-state index in [0.717, 1.165) is 66.6 Å². The van der Waals surface area contributed by atoms with E-state index >= 15 is 0 Å². The number of aliphatic imine (C=N–C) groups is 1. The maximum absolute atomic E-state index is 13.4. The van der Waals surface area contributed by atoms with Crippen LogP contribution in [0.25, 0.3) is 11.1 Å². The monoisotopic (exact) mass is 443 g/mol. The van der Waals surface area contributed by atoms with E-state index < -0.39 is 5.54 Å². The zero-order chi connectivity index (χ0) is 22.8. The van der Waals surface area contributed by atoms with Gasteiger partial charge >= 0.3 is 5.97 Å². The van der Waals surface area contributed by atoms with E-state index in [4.69, 9.17) is 9.83 Å². The van der Waals surface area contributed by atoms with Crippen molar-refractivity contribution < 1.29 is 14.4 Å². The van der Waals surface area contributed by atoms with Gasteiger partial charge in [-0.25, -0.2) is 4.79 Å². The molecule has 2 aromatic rings. The Kier molecular flexibility index (Phi) is 5.83. The number of amides is 1. The second-order valence-electron chi connectivity index (χ2n) is 9.18. The Morgan fingerprint density at radius 2 is 1.70 bits per heavy atom. The number of hydrogen-bond acceptors (Lipinski definition) is 5. The lowest BCUT2D eigenvalue weighted by molar-refractivity contribution is -0.140. The van der Waals surface area contributed by atoms with Gasteiger partial charge in [0.1, 0.15) is 11.4 Å². The molecule has 1 aliphatic carbocycles. The van der Waals surface area contributed by atoms with Gasteiger partial charge in [0, 0.05) is 12.0 Å². The van der Waals surface area contributed by atoms with Crippen LogP contribution in [0.2, 0.25) is 0 Å². The summed E-state index contributed by atoms with van der Waals surface area (Å²) in [4.78, 5) is 36.7. The standard InChI is InChI=1S/C27H29N3O3/c1-2-8-24-28-27(15-6-3-7-16-27)26(32)30(24)18-19-11-13-20(14-12-19)21-9-4-5-10-22(21)23-17-25(31)33-29-23/h4-5,9-14H,2-3,6-8,15-18H2,1H3. The van der Waals surface area contributed by atoms with Gasteiger partial charge in [-0.15, -0.1) is 0 Å². The first-order chi connectivity index (χ1) is 16.1. The lowest BCUT2D eigenvalue weighted by Crippen LogP contribution is -2.43. The summed E-state index contributed by atoms with van der Waals surface area (Å²) in [5.41, 5.74) is 4.17. The summed E-state index contributed by atoms with van der Waals surface area (Å²) < 4.78 is 0. The molecule has 2 aromatic carbocycles. The molecule has 33 heavy (non-hydrogen) atoms. The minimum atomic E-state index is -0.511. The van der Waals surface area contributed by atoms with Crippen molar-refractivity contribution in [2.75, 3.05) is 0 Å². The minimum Gasteiger partial charge on any atom is -0.318 e. The zero-order valence-corrected chi connectivity index (χ0v) is 19.0. The zero-order valence-electron chi connectivity index (χ0n) is 19.0. The number of hydrogen-bond donors (Lipinski definition) is 0. The largest absolute Gasteiger partial charge is 0.341 e. The summed E-state index contributed by atoms with van der Waals surface area (Å²) in [5.74, 6) is 0.803. The summed E-state index contributed by atoms with van der Waals surface area (Å²) >= 11 is 0. The van der Waals surface area contributed by atoms with Gasteiger partial charge in [-0.05, 0) is 36.0 Å². The van der Waals surface area contributed by atoms with E-state index in [1.54, 1.807) is 0 Å². The molecular weight excluding hydrogens is 414 g/mol. The maximum Gasteiger partial charge on any atom is 0.341 e. The summed E-state index contributed by atoms with van der Waals surface area (Å²) in [7, 11) is 0. The molecule has 170 valence electrons. The smallest absolute Gasteiger partial charge is 0.318 e. The molecule has 3 aliphatic rings. The Morgan fingerprint density at radius 3 is 2.36 bits per heavy atom. The molecule has 0 unspecified atom stereocenters. The van der Waals surface area contributed by atoms with Crippen molar-refractivity contribution in [3.05, 3.63) is 59.7 Å². The molecule has 0 radical (unpaired) electrons. The molecule has 0 bridgehead atoms. The second kappa shape index (κ2) is 8.93. The van der Waals surface area contributed by atoms with Crippen LogP contribution in [0.5, 0.6) is 0 Å². The van der Waals surface area contributed by atoms with Crippen LogP contribution in [0.1, 0.15) is 69.4 Å². The molecule has 6 heteroatoms. The number of oxime groups is 1. The molecule has 0 atom stereocenters. The van der Waals surface area contributed by atoms with E-state index in [2.05, 4.69) is 36.3 Å². The lowest BCUT2D eigenvalue weighted by Gasteiger charge is -2.29. The number of carbonyl (C=O) groups excluding carboxylic acids is 2. The normalized spacial score (nSPS) is 19.6. The van der Waals surface area contributed by atoms with E-state index in [1.165, 1.54) is 6.42 Å². The number of benzene rings is 2. The highest BCUT2D eigenvalue weighted by atomic mass is 16.7. The maximum atomic E-state index is 13.4. The van der Waals surface area contributed by atoms with Crippen molar-refractivity contribution in [1.29, 1.82) is 0 Å². The third-order valence-electron chi connectivity index (χ3n) is 6.87. The van der Waals surface area contributed by atoms with Crippen molar-refractivity contribution in [1.82, 2.24) is 4.90 Å². The predicted molar refractivity (Wildman–Crippen MR) is 128 cm³/mol. The Balaban J connectivity index is 1.37. The number of rotatable bonds is 6. The Bertz CT molecular complexity index is 1130. The third-order valence-corrected chi connectivity index (χ3v) is 6.87. The van der Waals surface area contributed by atoms with Gasteiger partial charge in [0.15, 0.2) is 0 Å². The molecule has 5 rings (SSSR count). The SMILES string of the molecule is CCCC1=NC2(CCCCC2)C(=O)N1Cc1ccc(-c2ccccc2C2=NOC(=O)C2)cc1. The molecule has 6 nitrogen and oxygen atoms in total. The highest BCUT2D eigenvalue weighted by Crippen LogP contribution is 2.38. The van der Waals surface area contributed by atoms with Gasteiger partial charge in [0.2, 0.25) is 0 Å². The number of amidine groups is 1. The number of carbonyl (C=O) groups is 2. The fraction of sp³-hybridized carbons (Fsp3) is 0.407. The van der Waals surface area contributed by atoms with Crippen molar-refractivity contribution in [2.45, 2.75) is 70.4 Å². The molecule has 0 N–H and O–H groups in total. The van der Waals surface area contributed by atoms with Gasteiger partial charge in [-0.3, -0.25) is 14.7 Å². The van der Waals surface area contributed by atoms with Gasteiger partial charge in [0.05, 0.1) is 18.7 Å². The Labute approximate surface area is 194 Å². The summed E-state index contributed by atoms with van der Waals surface area (Å²) in [6, 6.07) is 16.2. The predicted octanol–water partition coefficient (Wildman–Crippen LogP) is 5.25. The first-order valence-corrected chi connectivity index (χ1v) is 12.0. The van der Waals surface area contributed by atoms with Crippen LogP contribution >= 0.6 is 0 Å². The topological polar surface area (TPSA) is 71.3 Å². The number of nitrogens with zero attached hydrogens (tertiary/aromatic N) is 3.